The molecule has 19 nitrogen and oxygen atoms in total. The van der Waals surface area contributed by atoms with Crippen molar-refractivity contribution in [3.63, 3.8) is 0 Å². The number of nitrogen functional groups attached to an aromatic ring is 1. The normalized spacial score (nSPS) is 21.7. The van der Waals surface area contributed by atoms with E-state index in [1.54, 1.807) is 4.90 Å². The van der Waals surface area contributed by atoms with E-state index in [1.165, 1.54) is 18.5 Å². The van der Waals surface area contributed by atoms with Crippen LogP contribution in [-0.2, 0) is 19.9 Å². The molecule has 0 unspecified atom stereocenters. The van der Waals surface area contributed by atoms with Gasteiger partial charge in [0.2, 0.25) is 11.8 Å². The third kappa shape index (κ3) is 8.72. The third-order valence-corrected chi connectivity index (χ3v) is 15.0. The minimum Gasteiger partial charge on any atom is -0.448 e. The minimum atomic E-state index is -0.727. The van der Waals surface area contributed by atoms with Crippen LogP contribution in [0.2, 0.25) is 0 Å². The Kier molecular flexibility index (Phi) is 11.5. The number of nitrogens with one attached hydrogen (secondary N) is 2. The summed E-state index contributed by atoms with van der Waals surface area (Å²) >= 11 is 0. The monoisotopic (exact) mass is 948 g/mol. The van der Waals surface area contributed by atoms with E-state index in [1.807, 2.05) is 22.0 Å². The Balaban J connectivity index is 0.616. The Labute approximate surface area is 397 Å². The summed E-state index contributed by atoms with van der Waals surface area (Å²) in [6, 6.07) is 2.08. The number of carbonyl (C=O) groups excluding carboxylic acids is 3. The standard InChI is InChI=1S/C48H58F2N14O5/c1-47(2,3)64-44-37(42(51)54-26-55-44)38(58-64)39-36(41(69-59-39)27-4-5-27)43-52-22-29(23-53-43)28-20-48(21-28)24-63(25-48)46(67)68-17-16-60-10-8-31(9-11-60)61-12-14-62(15-13-61)40-32(49)18-30(19-33(40)50)56-34-6-7-35(65)57-45(34)66/h18-19,22-23,26-28,31,34,56H,4-17,20-21,24-25H2,1-3H3,(H2,51,54,55)(H,57,65,66)/t34-/m1/s1. The molecule has 1 atom stereocenters. The van der Waals surface area contributed by atoms with Crippen molar-refractivity contribution in [3.8, 4) is 22.8 Å². The quantitative estimate of drug-likeness (QED) is 0.144. The largest absolute Gasteiger partial charge is 0.448 e. The average Bonchev–Trinajstić information content (AvgIpc) is 3.91. The van der Waals surface area contributed by atoms with Gasteiger partial charge in [0.1, 0.15) is 41.9 Å². The zero-order chi connectivity index (χ0) is 47.8. The number of hydrogen-bond donors (Lipinski definition) is 3. The summed E-state index contributed by atoms with van der Waals surface area (Å²) in [5.41, 5.74) is 9.73. The van der Waals surface area contributed by atoms with Crippen LogP contribution in [0.5, 0.6) is 0 Å². The fourth-order valence-electron chi connectivity index (χ4n) is 11.1. The molecule has 364 valence electrons. The number of carbonyl (C=O) groups is 3. The molecule has 0 bridgehead atoms. The molecule has 4 saturated heterocycles. The van der Waals surface area contributed by atoms with Crippen molar-refractivity contribution < 1.29 is 32.4 Å². The second-order valence-electron chi connectivity index (χ2n) is 20.9. The summed E-state index contributed by atoms with van der Waals surface area (Å²) in [5, 5.41) is 15.2. The number of halogens is 2. The molecule has 1 aromatic carbocycles. The van der Waals surface area contributed by atoms with Crippen LogP contribution in [0.4, 0.5) is 30.8 Å². The molecule has 1 spiro atoms. The predicted molar refractivity (Wildman–Crippen MR) is 250 cm³/mol. The van der Waals surface area contributed by atoms with Crippen molar-refractivity contribution in [2.75, 3.05) is 81.5 Å². The molecule has 6 aliphatic rings. The Morgan fingerprint density at radius 1 is 0.928 bits per heavy atom. The predicted octanol–water partition coefficient (Wildman–Crippen LogP) is 5.25. The van der Waals surface area contributed by atoms with Crippen LogP contribution in [-0.4, -0.2) is 145 Å². The molecule has 8 heterocycles. The lowest BCUT2D eigenvalue weighted by atomic mass is 9.56. The lowest BCUT2D eigenvalue weighted by Crippen LogP contribution is -2.63. The number of piperidine rings is 2. The highest BCUT2D eigenvalue weighted by Crippen LogP contribution is 2.56. The number of rotatable bonds is 11. The molecule has 4 N–H and O–H groups in total. The van der Waals surface area contributed by atoms with Gasteiger partial charge in [0, 0.05) is 87.7 Å². The van der Waals surface area contributed by atoms with E-state index in [2.05, 4.69) is 56.3 Å². The van der Waals surface area contributed by atoms with Crippen LogP contribution in [0.1, 0.15) is 95.3 Å². The average molecular weight is 949 g/mol. The lowest BCUT2D eigenvalue weighted by molar-refractivity contribution is -0.133. The van der Waals surface area contributed by atoms with Gasteiger partial charge in [-0.05, 0) is 102 Å². The van der Waals surface area contributed by atoms with Crippen molar-refractivity contribution >= 4 is 46.1 Å². The molecular formula is C48H58F2N14O5. The van der Waals surface area contributed by atoms with Crippen molar-refractivity contribution in [1.82, 2.24) is 54.9 Å². The number of hydrogen-bond acceptors (Lipinski definition) is 16. The number of benzene rings is 1. The highest BCUT2D eigenvalue weighted by Gasteiger charge is 2.54. The smallest absolute Gasteiger partial charge is 0.409 e. The number of likely N-dealkylation sites (tertiary alicyclic amines) is 2. The number of nitrogens with two attached hydrogens (primary N) is 1. The zero-order valence-corrected chi connectivity index (χ0v) is 39.2. The number of anilines is 3. The summed E-state index contributed by atoms with van der Waals surface area (Å²) in [4.78, 5) is 63.5. The van der Waals surface area contributed by atoms with Gasteiger partial charge in [0.05, 0.1) is 16.5 Å². The fraction of sp³-hybridized carbons (Fsp3) is 0.562. The first kappa shape index (κ1) is 45.1. The van der Waals surface area contributed by atoms with E-state index in [0.29, 0.717) is 98.4 Å². The molecule has 4 aromatic heterocycles. The first-order valence-corrected chi connectivity index (χ1v) is 24.2. The van der Waals surface area contributed by atoms with Crippen molar-refractivity contribution in [3.05, 3.63) is 53.8 Å². The van der Waals surface area contributed by atoms with E-state index in [0.717, 1.165) is 68.5 Å². The van der Waals surface area contributed by atoms with Gasteiger partial charge in [0.15, 0.2) is 28.9 Å². The number of piperazine rings is 1. The lowest BCUT2D eigenvalue weighted by Gasteiger charge is -2.58. The van der Waals surface area contributed by atoms with Crippen LogP contribution >= 0.6 is 0 Å². The molecule has 5 aromatic rings. The summed E-state index contributed by atoms with van der Waals surface area (Å²) in [6.45, 7) is 12.7. The maximum absolute atomic E-state index is 15.3. The molecule has 3 amide bonds. The number of amides is 3. The van der Waals surface area contributed by atoms with E-state index >= 15 is 8.78 Å². The maximum atomic E-state index is 15.3. The highest BCUT2D eigenvalue weighted by atomic mass is 19.1. The minimum absolute atomic E-state index is 0.0591. The second kappa shape index (κ2) is 17.6. The number of aromatic nitrogens is 7. The number of fused-ring (bicyclic) bond motifs is 1. The third-order valence-electron chi connectivity index (χ3n) is 15.0. The van der Waals surface area contributed by atoms with Gasteiger partial charge >= 0.3 is 6.09 Å². The van der Waals surface area contributed by atoms with E-state index in [4.69, 9.17) is 30.1 Å². The van der Waals surface area contributed by atoms with Crippen LogP contribution in [0.25, 0.3) is 33.8 Å². The molecule has 21 heteroatoms. The number of ether oxygens (including phenoxy) is 1. The van der Waals surface area contributed by atoms with Crippen LogP contribution in [0, 0.1) is 17.0 Å². The van der Waals surface area contributed by atoms with Crippen molar-refractivity contribution in [2.24, 2.45) is 5.41 Å². The summed E-state index contributed by atoms with van der Waals surface area (Å²) in [6.07, 6.45) is 11.3. The molecule has 2 saturated carbocycles. The van der Waals surface area contributed by atoms with Crippen LogP contribution < -0.4 is 21.3 Å². The molecule has 6 fully saturated rings. The van der Waals surface area contributed by atoms with E-state index in [9.17, 15) is 14.4 Å². The molecule has 11 rings (SSSR count). The Morgan fingerprint density at radius 2 is 1.64 bits per heavy atom. The van der Waals surface area contributed by atoms with E-state index in [-0.39, 0.29) is 53.1 Å². The van der Waals surface area contributed by atoms with Gasteiger partial charge in [-0.25, -0.2) is 38.2 Å². The second-order valence-corrected chi connectivity index (χ2v) is 20.9. The SMILES string of the molecule is CC(C)(C)n1nc(-c2noc(C3CC3)c2-c2ncc(C3CC4(C3)CN(C(=O)OCCN3CCC(N5CCN(c6c(F)cc(N[C@@H]7CCC(=O)NC7=O)cc6F)CC5)CC3)C4)cn2)c2c(N)ncnc21. The van der Waals surface area contributed by atoms with Crippen LogP contribution in [0.3, 0.4) is 0 Å². The fourth-order valence-corrected chi connectivity index (χ4v) is 11.1. The Bertz CT molecular complexity index is 2750. The van der Waals surface area contributed by atoms with Gasteiger partial charge in [-0.15, -0.1) is 0 Å². The van der Waals surface area contributed by atoms with Gasteiger partial charge in [-0.3, -0.25) is 24.7 Å². The molecule has 2 aliphatic carbocycles. The van der Waals surface area contributed by atoms with Gasteiger partial charge < -0.3 is 30.1 Å². The van der Waals surface area contributed by atoms with Gasteiger partial charge in [-0.1, -0.05) is 5.16 Å². The van der Waals surface area contributed by atoms with Crippen molar-refractivity contribution in [1.29, 1.82) is 0 Å². The summed E-state index contributed by atoms with van der Waals surface area (Å²) < 4.78 is 44.1. The van der Waals surface area contributed by atoms with Gasteiger partial charge in [-0.2, -0.15) is 5.10 Å². The maximum Gasteiger partial charge on any atom is 0.409 e. The summed E-state index contributed by atoms with van der Waals surface area (Å²) in [7, 11) is 0. The zero-order valence-electron chi connectivity index (χ0n) is 39.2. The van der Waals surface area contributed by atoms with Crippen molar-refractivity contribution in [2.45, 2.75) is 102 Å². The van der Waals surface area contributed by atoms with Gasteiger partial charge in [0.25, 0.3) is 0 Å². The first-order chi connectivity index (χ1) is 33.2. The molecule has 4 aliphatic heterocycles. The first-order valence-electron chi connectivity index (χ1n) is 24.2. The molecule has 69 heavy (non-hydrogen) atoms. The number of imide groups is 1. The topological polar surface area (TPSA) is 219 Å². The Hall–Kier alpha value is -6.35. The molecule has 0 radical (unpaired) electrons. The molecular weight excluding hydrogens is 891 g/mol. The van der Waals surface area contributed by atoms with Crippen LogP contribution in [0.15, 0.2) is 35.4 Å². The summed E-state index contributed by atoms with van der Waals surface area (Å²) in [5.74, 6) is -0.0773. The van der Waals surface area contributed by atoms with E-state index < -0.39 is 23.6 Å². The number of nitrogens with zero attached hydrogens (tertiary/aromatic N) is 11. The Morgan fingerprint density at radius 3 is 2.30 bits per heavy atom. The highest BCUT2D eigenvalue weighted by molar-refractivity contribution is 6.02.